The molecule has 0 saturated carbocycles. The lowest BCUT2D eigenvalue weighted by Gasteiger charge is -2.35. The molecule has 3 rings (SSSR count). The van der Waals surface area contributed by atoms with Gasteiger partial charge in [0.05, 0.1) is 6.61 Å². The minimum absolute atomic E-state index is 0.192. The SMILES string of the molecule is COCCNC(=O)c1cnc(N2CCN(Cc3ccccc3)CC2)nc1NCC(C)C. The molecular weight excluding hydrogens is 392 g/mol. The highest BCUT2D eigenvalue weighted by Crippen LogP contribution is 2.19. The molecule has 168 valence electrons. The summed E-state index contributed by atoms with van der Waals surface area (Å²) in [5.41, 5.74) is 1.79. The van der Waals surface area contributed by atoms with Crippen molar-refractivity contribution in [3.8, 4) is 0 Å². The van der Waals surface area contributed by atoms with E-state index in [0.717, 1.165) is 39.3 Å². The van der Waals surface area contributed by atoms with Crippen LogP contribution in [0, 0.1) is 5.92 Å². The number of piperazine rings is 1. The predicted molar refractivity (Wildman–Crippen MR) is 124 cm³/mol. The van der Waals surface area contributed by atoms with Gasteiger partial charge in [-0.15, -0.1) is 0 Å². The van der Waals surface area contributed by atoms with E-state index in [0.29, 0.717) is 36.4 Å². The molecule has 1 aliphatic heterocycles. The van der Waals surface area contributed by atoms with Crippen molar-refractivity contribution in [1.82, 2.24) is 20.2 Å². The highest BCUT2D eigenvalue weighted by molar-refractivity contribution is 5.98. The van der Waals surface area contributed by atoms with E-state index in [1.54, 1.807) is 13.3 Å². The van der Waals surface area contributed by atoms with Crippen LogP contribution in [0.15, 0.2) is 36.5 Å². The summed E-state index contributed by atoms with van der Waals surface area (Å²) in [4.78, 5) is 26.4. The number of amides is 1. The Morgan fingerprint density at radius 1 is 1.16 bits per heavy atom. The number of aromatic nitrogens is 2. The lowest BCUT2D eigenvalue weighted by Crippen LogP contribution is -2.46. The second-order valence-electron chi connectivity index (χ2n) is 8.20. The van der Waals surface area contributed by atoms with Crippen LogP contribution in [0.3, 0.4) is 0 Å². The number of carbonyl (C=O) groups excluding carboxylic acids is 1. The van der Waals surface area contributed by atoms with Crippen molar-refractivity contribution >= 4 is 17.7 Å². The maximum absolute atomic E-state index is 12.6. The third-order valence-electron chi connectivity index (χ3n) is 5.19. The molecule has 8 nitrogen and oxygen atoms in total. The van der Waals surface area contributed by atoms with E-state index in [2.05, 4.69) is 63.5 Å². The average molecular weight is 427 g/mol. The van der Waals surface area contributed by atoms with Gasteiger partial charge >= 0.3 is 0 Å². The number of hydrogen-bond donors (Lipinski definition) is 2. The average Bonchev–Trinajstić information content (AvgIpc) is 2.79. The molecular formula is C23H34N6O2. The van der Waals surface area contributed by atoms with Gasteiger partial charge < -0.3 is 20.3 Å². The summed E-state index contributed by atoms with van der Waals surface area (Å²) in [7, 11) is 1.61. The smallest absolute Gasteiger partial charge is 0.256 e. The fraction of sp³-hybridized carbons (Fsp3) is 0.522. The van der Waals surface area contributed by atoms with Crippen LogP contribution in [-0.4, -0.2) is 73.8 Å². The monoisotopic (exact) mass is 426 g/mol. The molecule has 0 spiro atoms. The zero-order valence-electron chi connectivity index (χ0n) is 18.8. The Balaban J connectivity index is 1.65. The molecule has 31 heavy (non-hydrogen) atoms. The van der Waals surface area contributed by atoms with E-state index in [9.17, 15) is 4.79 Å². The Labute approximate surface area is 185 Å². The first-order chi connectivity index (χ1) is 15.1. The van der Waals surface area contributed by atoms with Crippen molar-refractivity contribution < 1.29 is 9.53 Å². The van der Waals surface area contributed by atoms with E-state index < -0.39 is 0 Å². The van der Waals surface area contributed by atoms with Gasteiger partial charge in [-0.25, -0.2) is 4.98 Å². The summed E-state index contributed by atoms with van der Waals surface area (Å²) < 4.78 is 5.01. The molecule has 1 aliphatic rings. The molecule has 1 aromatic heterocycles. The number of methoxy groups -OCH3 is 1. The third-order valence-corrected chi connectivity index (χ3v) is 5.19. The summed E-state index contributed by atoms with van der Waals surface area (Å²) in [6.45, 7) is 10.5. The topological polar surface area (TPSA) is 82.6 Å². The summed E-state index contributed by atoms with van der Waals surface area (Å²) in [5.74, 6) is 1.49. The van der Waals surface area contributed by atoms with E-state index >= 15 is 0 Å². The predicted octanol–water partition coefficient (Wildman–Crippen LogP) is 2.24. The van der Waals surface area contributed by atoms with Crippen molar-refractivity contribution in [2.24, 2.45) is 5.92 Å². The van der Waals surface area contributed by atoms with Gasteiger partial charge in [-0.3, -0.25) is 9.69 Å². The van der Waals surface area contributed by atoms with Gasteiger partial charge in [-0.05, 0) is 11.5 Å². The first-order valence-electron chi connectivity index (χ1n) is 11.0. The quantitative estimate of drug-likeness (QED) is 0.564. The van der Waals surface area contributed by atoms with Crippen LogP contribution in [0.1, 0.15) is 29.8 Å². The Hall–Kier alpha value is -2.71. The molecule has 0 unspecified atom stereocenters. The van der Waals surface area contributed by atoms with Gasteiger partial charge in [0, 0.05) is 59.1 Å². The van der Waals surface area contributed by atoms with Gasteiger partial charge in [0.15, 0.2) is 0 Å². The molecule has 1 aromatic carbocycles. The van der Waals surface area contributed by atoms with Crippen LogP contribution < -0.4 is 15.5 Å². The molecule has 1 amide bonds. The number of rotatable bonds is 10. The van der Waals surface area contributed by atoms with Crippen LogP contribution in [0.25, 0.3) is 0 Å². The molecule has 0 atom stereocenters. The van der Waals surface area contributed by atoms with E-state index in [1.165, 1.54) is 5.56 Å². The van der Waals surface area contributed by atoms with Gasteiger partial charge in [-0.2, -0.15) is 4.98 Å². The number of anilines is 2. The molecule has 2 N–H and O–H groups in total. The maximum atomic E-state index is 12.6. The van der Waals surface area contributed by atoms with Crippen molar-refractivity contribution in [3.05, 3.63) is 47.7 Å². The Bertz CT molecular complexity index is 822. The van der Waals surface area contributed by atoms with E-state index in [1.807, 2.05) is 6.07 Å². The molecule has 0 aliphatic carbocycles. The highest BCUT2D eigenvalue weighted by atomic mass is 16.5. The molecule has 2 heterocycles. The Morgan fingerprint density at radius 2 is 1.90 bits per heavy atom. The number of nitrogens with zero attached hydrogens (tertiary/aromatic N) is 4. The second kappa shape index (κ2) is 11.6. The van der Waals surface area contributed by atoms with Crippen LogP contribution in [0.2, 0.25) is 0 Å². The van der Waals surface area contributed by atoms with Crippen molar-refractivity contribution in [2.45, 2.75) is 20.4 Å². The fourth-order valence-electron chi connectivity index (χ4n) is 3.44. The number of carbonyl (C=O) groups is 1. The first-order valence-corrected chi connectivity index (χ1v) is 11.0. The van der Waals surface area contributed by atoms with Gasteiger partial charge in [0.1, 0.15) is 11.4 Å². The van der Waals surface area contributed by atoms with Crippen LogP contribution in [-0.2, 0) is 11.3 Å². The number of nitrogens with one attached hydrogen (secondary N) is 2. The summed E-state index contributed by atoms with van der Waals surface area (Å²) >= 11 is 0. The normalized spacial score (nSPS) is 14.6. The van der Waals surface area contributed by atoms with Crippen molar-refractivity contribution in [2.75, 3.05) is 63.2 Å². The van der Waals surface area contributed by atoms with Crippen LogP contribution >= 0.6 is 0 Å². The fourth-order valence-corrected chi connectivity index (χ4v) is 3.44. The van der Waals surface area contributed by atoms with Crippen molar-refractivity contribution in [3.63, 3.8) is 0 Å². The zero-order valence-corrected chi connectivity index (χ0v) is 18.8. The molecule has 0 bridgehead atoms. The minimum Gasteiger partial charge on any atom is -0.383 e. The third kappa shape index (κ3) is 6.90. The van der Waals surface area contributed by atoms with Crippen LogP contribution in [0.4, 0.5) is 11.8 Å². The standard InChI is InChI=1S/C23H34N6O2/c1-18(2)15-25-21-20(22(30)24-9-14-31-3)16-26-23(27-21)29-12-10-28(11-13-29)17-19-7-5-4-6-8-19/h4-8,16,18H,9-15,17H2,1-3H3,(H,24,30)(H,25,26,27). The molecule has 0 radical (unpaired) electrons. The van der Waals surface area contributed by atoms with Gasteiger partial charge in [0.2, 0.25) is 5.95 Å². The highest BCUT2D eigenvalue weighted by Gasteiger charge is 2.22. The van der Waals surface area contributed by atoms with Crippen LogP contribution in [0.5, 0.6) is 0 Å². The van der Waals surface area contributed by atoms with E-state index in [-0.39, 0.29) is 5.91 Å². The number of benzene rings is 1. The Kier molecular flexibility index (Phi) is 8.61. The second-order valence-corrected chi connectivity index (χ2v) is 8.20. The Morgan fingerprint density at radius 3 is 2.58 bits per heavy atom. The molecule has 1 fully saturated rings. The van der Waals surface area contributed by atoms with E-state index in [4.69, 9.17) is 9.72 Å². The van der Waals surface area contributed by atoms with Gasteiger partial charge in [0.25, 0.3) is 5.91 Å². The van der Waals surface area contributed by atoms with Crippen molar-refractivity contribution in [1.29, 1.82) is 0 Å². The number of ether oxygens (including phenoxy) is 1. The largest absolute Gasteiger partial charge is 0.383 e. The molecule has 1 saturated heterocycles. The minimum atomic E-state index is -0.192. The van der Waals surface area contributed by atoms with Gasteiger partial charge in [-0.1, -0.05) is 44.2 Å². The first kappa shape index (κ1) is 23.0. The lowest BCUT2D eigenvalue weighted by atomic mass is 10.2. The zero-order chi connectivity index (χ0) is 22.1. The number of hydrogen-bond acceptors (Lipinski definition) is 7. The molecule has 2 aromatic rings. The maximum Gasteiger partial charge on any atom is 0.256 e. The summed E-state index contributed by atoms with van der Waals surface area (Å²) in [6.07, 6.45) is 1.63. The summed E-state index contributed by atoms with van der Waals surface area (Å²) in [5, 5.41) is 6.18. The summed E-state index contributed by atoms with van der Waals surface area (Å²) in [6, 6.07) is 10.5. The lowest BCUT2D eigenvalue weighted by molar-refractivity contribution is 0.0937. The molecule has 8 heteroatoms.